The SMILES string of the molecule is NCCCc1c[nH]c2c(Br)cc(Br)cc12.O=S(=O)(O)O. The Hall–Kier alpha value is -0.450. The van der Waals surface area contributed by atoms with Crippen LogP contribution in [0.2, 0.25) is 0 Å². The summed E-state index contributed by atoms with van der Waals surface area (Å²) in [6.07, 6.45) is 4.12. The summed E-state index contributed by atoms with van der Waals surface area (Å²) in [6, 6.07) is 4.19. The first-order valence-corrected chi connectivity index (χ1v) is 8.55. The highest BCUT2D eigenvalue weighted by Crippen LogP contribution is 2.30. The Balaban J connectivity index is 0.000000347. The van der Waals surface area contributed by atoms with Gasteiger partial charge in [-0.15, -0.1) is 0 Å². The summed E-state index contributed by atoms with van der Waals surface area (Å²) in [6.45, 7) is 0.738. The van der Waals surface area contributed by atoms with E-state index in [2.05, 4.69) is 49.1 Å². The predicted molar refractivity (Wildman–Crippen MR) is 85.3 cm³/mol. The van der Waals surface area contributed by atoms with E-state index in [9.17, 15) is 0 Å². The van der Waals surface area contributed by atoms with Crippen molar-refractivity contribution in [2.24, 2.45) is 5.73 Å². The van der Waals surface area contributed by atoms with Crippen LogP contribution in [0.1, 0.15) is 12.0 Å². The van der Waals surface area contributed by atoms with Crippen molar-refractivity contribution in [3.05, 3.63) is 32.8 Å². The van der Waals surface area contributed by atoms with E-state index >= 15 is 0 Å². The molecule has 112 valence electrons. The summed E-state index contributed by atoms with van der Waals surface area (Å²) >= 11 is 7.04. The van der Waals surface area contributed by atoms with Gasteiger partial charge in [0.1, 0.15) is 0 Å². The molecule has 2 aromatic rings. The van der Waals surface area contributed by atoms with Crippen LogP contribution in [0.3, 0.4) is 0 Å². The van der Waals surface area contributed by atoms with Crippen molar-refractivity contribution >= 4 is 53.2 Å². The summed E-state index contributed by atoms with van der Waals surface area (Å²) in [5.41, 5.74) is 8.01. The minimum atomic E-state index is -4.67. The molecule has 0 saturated heterocycles. The molecule has 2 rings (SSSR count). The third-order valence-electron chi connectivity index (χ3n) is 2.44. The van der Waals surface area contributed by atoms with Gasteiger partial charge in [-0.05, 0) is 53.0 Å². The van der Waals surface area contributed by atoms with Crippen LogP contribution in [-0.4, -0.2) is 29.1 Å². The molecule has 0 fully saturated rings. The quantitative estimate of drug-likeness (QED) is 0.559. The minimum absolute atomic E-state index is 0.738. The highest BCUT2D eigenvalue weighted by molar-refractivity contribution is 9.11. The van der Waals surface area contributed by atoms with E-state index in [1.54, 1.807) is 0 Å². The number of halogens is 2. The average molecular weight is 430 g/mol. The Kier molecular flexibility index (Phi) is 6.62. The molecule has 1 heterocycles. The van der Waals surface area contributed by atoms with Gasteiger partial charge in [0.2, 0.25) is 0 Å². The number of hydrogen-bond acceptors (Lipinski definition) is 3. The van der Waals surface area contributed by atoms with E-state index in [0.29, 0.717) is 0 Å². The molecule has 6 nitrogen and oxygen atoms in total. The van der Waals surface area contributed by atoms with Crippen molar-refractivity contribution in [2.75, 3.05) is 6.54 Å². The molecule has 0 unspecified atom stereocenters. The first-order chi connectivity index (χ1) is 9.22. The summed E-state index contributed by atoms with van der Waals surface area (Å²) in [4.78, 5) is 3.28. The maximum absolute atomic E-state index is 8.74. The van der Waals surface area contributed by atoms with Crippen LogP contribution in [0.5, 0.6) is 0 Å². The molecular weight excluding hydrogens is 416 g/mol. The number of nitrogens with two attached hydrogens (primary N) is 1. The molecule has 1 aromatic heterocycles. The largest absolute Gasteiger partial charge is 0.394 e. The van der Waals surface area contributed by atoms with Crippen LogP contribution in [0.25, 0.3) is 10.9 Å². The molecule has 0 aliphatic rings. The molecule has 0 bridgehead atoms. The van der Waals surface area contributed by atoms with E-state index in [4.69, 9.17) is 23.3 Å². The van der Waals surface area contributed by atoms with Gasteiger partial charge in [-0.2, -0.15) is 8.42 Å². The molecule has 0 radical (unpaired) electrons. The van der Waals surface area contributed by atoms with Gasteiger partial charge < -0.3 is 10.7 Å². The summed E-state index contributed by atoms with van der Waals surface area (Å²) in [7, 11) is -4.67. The van der Waals surface area contributed by atoms with Crippen LogP contribution in [0.4, 0.5) is 0 Å². The van der Waals surface area contributed by atoms with Crippen LogP contribution in [0.15, 0.2) is 27.3 Å². The van der Waals surface area contributed by atoms with Crippen molar-refractivity contribution in [1.82, 2.24) is 4.98 Å². The van der Waals surface area contributed by atoms with Gasteiger partial charge in [-0.1, -0.05) is 15.9 Å². The molecule has 9 heteroatoms. The van der Waals surface area contributed by atoms with Crippen molar-refractivity contribution in [1.29, 1.82) is 0 Å². The zero-order valence-electron chi connectivity index (χ0n) is 10.3. The normalized spacial score (nSPS) is 11.2. The maximum Gasteiger partial charge on any atom is 0.394 e. The average Bonchev–Trinajstić information content (AvgIpc) is 2.67. The van der Waals surface area contributed by atoms with Crippen LogP contribution < -0.4 is 5.73 Å². The fourth-order valence-corrected chi connectivity index (χ4v) is 3.05. The molecule has 1 aromatic carbocycles. The number of hydrogen-bond donors (Lipinski definition) is 4. The number of benzene rings is 1. The Morgan fingerprint density at radius 2 is 1.85 bits per heavy atom. The van der Waals surface area contributed by atoms with Crippen molar-refractivity contribution in [3.63, 3.8) is 0 Å². The first-order valence-electron chi connectivity index (χ1n) is 5.57. The second-order valence-electron chi connectivity index (χ2n) is 3.96. The lowest BCUT2D eigenvalue weighted by molar-refractivity contribution is 0.381. The van der Waals surface area contributed by atoms with Gasteiger partial charge in [-0.25, -0.2) is 0 Å². The molecule has 5 N–H and O–H groups in total. The van der Waals surface area contributed by atoms with Crippen LogP contribution in [-0.2, 0) is 16.8 Å². The van der Waals surface area contributed by atoms with E-state index in [0.717, 1.165) is 33.8 Å². The van der Waals surface area contributed by atoms with Crippen LogP contribution >= 0.6 is 31.9 Å². The molecule has 0 spiro atoms. The monoisotopic (exact) mass is 428 g/mol. The first kappa shape index (κ1) is 17.6. The van der Waals surface area contributed by atoms with E-state index in [1.165, 1.54) is 10.9 Å². The Bertz CT molecular complexity index is 677. The van der Waals surface area contributed by atoms with Crippen LogP contribution in [0, 0.1) is 0 Å². The van der Waals surface area contributed by atoms with E-state index in [1.807, 2.05) is 6.07 Å². The van der Waals surface area contributed by atoms with Crippen molar-refractivity contribution in [2.45, 2.75) is 12.8 Å². The van der Waals surface area contributed by atoms with Gasteiger partial charge in [0.25, 0.3) is 0 Å². The Morgan fingerprint density at radius 1 is 1.25 bits per heavy atom. The van der Waals surface area contributed by atoms with Gasteiger partial charge in [-0.3, -0.25) is 9.11 Å². The molecule has 0 saturated carbocycles. The zero-order valence-corrected chi connectivity index (χ0v) is 14.3. The summed E-state index contributed by atoms with van der Waals surface area (Å²) < 4.78 is 33.8. The number of nitrogens with one attached hydrogen (secondary N) is 1. The number of H-pyrrole nitrogens is 1. The fraction of sp³-hybridized carbons (Fsp3) is 0.273. The number of aryl methyl sites for hydroxylation is 1. The number of aromatic amines is 1. The topological polar surface area (TPSA) is 116 Å². The number of rotatable bonds is 3. The smallest absolute Gasteiger partial charge is 0.360 e. The number of aromatic nitrogens is 1. The third-order valence-corrected chi connectivity index (χ3v) is 3.53. The molecule has 0 atom stereocenters. The molecule has 0 aliphatic heterocycles. The highest BCUT2D eigenvalue weighted by atomic mass is 79.9. The molecule has 0 aliphatic carbocycles. The minimum Gasteiger partial charge on any atom is -0.360 e. The second kappa shape index (κ2) is 7.53. The van der Waals surface area contributed by atoms with Crippen molar-refractivity contribution in [3.8, 4) is 0 Å². The fourth-order valence-electron chi connectivity index (χ4n) is 1.71. The van der Waals surface area contributed by atoms with Gasteiger partial charge in [0, 0.05) is 20.5 Å². The Morgan fingerprint density at radius 3 is 2.40 bits per heavy atom. The third kappa shape index (κ3) is 5.90. The lowest BCUT2D eigenvalue weighted by Crippen LogP contribution is -1.99. The summed E-state index contributed by atoms with van der Waals surface area (Å²) in [5, 5.41) is 1.27. The highest BCUT2D eigenvalue weighted by Gasteiger charge is 2.07. The van der Waals surface area contributed by atoms with Gasteiger partial charge in [0.05, 0.1) is 5.52 Å². The number of fused-ring (bicyclic) bond motifs is 1. The van der Waals surface area contributed by atoms with E-state index in [-0.39, 0.29) is 0 Å². The molecular formula is C11H14Br2N2O4S. The lowest BCUT2D eigenvalue weighted by atomic mass is 10.1. The second-order valence-corrected chi connectivity index (χ2v) is 6.63. The Labute approximate surface area is 133 Å². The zero-order chi connectivity index (χ0) is 15.3. The van der Waals surface area contributed by atoms with Gasteiger partial charge in [0.15, 0.2) is 0 Å². The predicted octanol–water partition coefficient (Wildman–Crippen LogP) is 2.93. The van der Waals surface area contributed by atoms with Gasteiger partial charge >= 0.3 is 10.4 Å². The van der Waals surface area contributed by atoms with Crippen molar-refractivity contribution < 1.29 is 17.5 Å². The standard InChI is InChI=1S/C11H12Br2N2.H2O4S/c12-8-4-9-7(2-1-3-14)6-15-11(9)10(13)5-8;1-5(2,3)4/h4-6,15H,1-3,14H2;(H2,1,2,3,4). The molecule has 0 amide bonds. The summed E-state index contributed by atoms with van der Waals surface area (Å²) in [5.74, 6) is 0. The van der Waals surface area contributed by atoms with E-state index < -0.39 is 10.4 Å². The maximum atomic E-state index is 8.74. The molecule has 20 heavy (non-hydrogen) atoms. The lowest BCUT2D eigenvalue weighted by Gasteiger charge is -2.00.